The number of rotatable bonds is 4. The van der Waals surface area contributed by atoms with Crippen LogP contribution < -0.4 is 20.9 Å². The van der Waals surface area contributed by atoms with Crippen molar-refractivity contribution in [3.05, 3.63) is 24.3 Å². The molecule has 1 aromatic rings. The standard InChI is InChI=1S/C16H22N4O3S/c1-23-13-8-6-12(7-9-13)17-16(24)19-18-14(21)11-20-10-4-2-3-5-15(20)22/h6-9H,2-5,10-11H2,1H3,(H,18,21)(H2,17,19,24). The molecule has 8 heteroatoms. The van der Waals surface area contributed by atoms with E-state index >= 15 is 0 Å². The van der Waals surface area contributed by atoms with Gasteiger partial charge in [-0.2, -0.15) is 0 Å². The van der Waals surface area contributed by atoms with Crippen molar-refractivity contribution in [2.75, 3.05) is 25.5 Å². The fourth-order valence-electron chi connectivity index (χ4n) is 2.38. The first-order valence-corrected chi connectivity index (χ1v) is 8.27. The molecule has 3 N–H and O–H groups in total. The Morgan fingerprint density at radius 2 is 1.96 bits per heavy atom. The van der Waals surface area contributed by atoms with E-state index in [0.29, 0.717) is 13.0 Å². The van der Waals surface area contributed by atoms with E-state index in [1.165, 1.54) is 0 Å². The number of nitrogens with zero attached hydrogens (tertiary/aromatic N) is 1. The van der Waals surface area contributed by atoms with Crippen LogP contribution in [0.3, 0.4) is 0 Å². The second kappa shape index (κ2) is 9.07. The molecule has 1 fully saturated rings. The van der Waals surface area contributed by atoms with Crippen LogP contribution in [0.4, 0.5) is 5.69 Å². The highest BCUT2D eigenvalue weighted by Gasteiger charge is 2.19. The molecular formula is C16H22N4O3S. The van der Waals surface area contributed by atoms with E-state index in [1.807, 2.05) is 12.1 Å². The number of ether oxygens (including phenoxy) is 1. The SMILES string of the molecule is COc1ccc(NC(=S)NNC(=O)CN2CCCCCC2=O)cc1. The minimum Gasteiger partial charge on any atom is -0.497 e. The number of amides is 2. The molecular weight excluding hydrogens is 328 g/mol. The molecule has 2 amide bonds. The number of hydrazine groups is 1. The van der Waals surface area contributed by atoms with Crippen LogP contribution in [0.2, 0.25) is 0 Å². The van der Waals surface area contributed by atoms with Crippen molar-refractivity contribution in [1.82, 2.24) is 15.8 Å². The summed E-state index contributed by atoms with van der Waals surface area (Å²) in [6.45, 7) is 0.664. The van der Waals surface area contributed by atoms with Gasteiger partial charge in [0.2, 0.25) is 5.91 Å². The first-order chi connectivity index (χ1) is 11.6. The number of hydrogen-bond donors (Lipinski definition) is 3. The zero-order valence-electron chi connectivity index (χ0n) is 13.6. The third-order valence-corrected chi connectivity index (χ3v) is 3.87. The number of carbonyl (C=O) groups excluding carboxylic acids is 2. The summed E-state index contributed by atoms with van der Waals surface area (Å²) in [5, 5.41) is 3.20. The largest absolute Gasteiger partial charge is 0.497 e. The van der Waals surface area contributed by atoms with Crippen molar-refractivity contribution in [3.8, 4) is 5.75 Å². The maximum atomic E-state index is 11.9. The van der Waals surface area contributed by atoms with Crippen LogP contribution in [0.25, 0.3) is 0 Å². The van der Waals surface area contributed by atoms with Crippen molar-refractivity contribution < 1.29 is 14.3 Å². The maximum absolute atomic E-state index is 11.9. The number of nitrogens with one attached hydrogen (secondary N) is 3. The Morgan fingerprint density at radius 3 is 2.67 bits per heavy atom. The second-order valence-electron chi connectivity index (χ2n) is 5.48. The van der Waals surface area contributed by atoms with Crippen molar-refractivity contribution in [1.29, 1.82) is 0 Å². The first kappa shape index (κ1) is 18.0. The Hall–Kier alpha value is -2.35. The van der Waals surface area contributed by atoms with Gasteiger partial charge in [-0.15, -0.1) is 0 Å². The van der Waals surface area contributed by atoms with Crippen molar-refractivity contribution in [2.45, 2.75) is 25.7 Å². The number of likely N-dealkylation sites (tertiary alicyclic amines) is 1. The highest BCUT2D eigenvalue weighted by Crippen LogP contribution is 2.14. The van der Waals surface area contributed by atoms with Gasteiger partial charge in [0.05, 0.1) is 7.11 Å². The average Bonchev–Trinajstić information content (AvgIpc) is 2.78. The zero-order valence-corrected chi connectivity index (χ0v) is 14.4. The van der Waals surface area contributed by atoms with Crippen LogP contribution in [0.15, 0.2) is 24.3 Å². The summed E-state index contributed by atoms with van der Waals surface area (Å²) in [6, 6.07) is 7.22. The monoisotopic (exact) mass is 350 g/mol. The lowest BCUT2D eigenvalue weighted by Gasteiger charge is -2.20. The lowest BCUT2D eigenvalue weighted by molar-refractivity contribution is -0.135. The highest BCUT2D eigenvalue weighted by molar-refractivity contribution is 7.80. The fraction of sp³-hybridized carbons (Fsp3) is 0.438. The van der Waals surface area contributed by atoms with Crippen LogP contribution in [-0.4, -0.2) is 42.0 Å². The van der Waals surface area contributed by atoms with Gasteiger partial charge in [0.15, 0.2) is 5.11 Å². The molecule has 0 saturated carbocycles. The number of methoxy groups -OCH3 is 1. The number of carbonyl (C=O) groups is 2. The first-order valence-electron chi connectivity index (χ1n) is 7.86. The molecule has 130 valence electrons. The number of hydrogen-bond acceptors (Lipinski definition) is 4. The van der Waals surface area contributed by atoms with Gasteiger partial charge in [0.25, 0.3) is 5.91 Å². The zero-order chi connectivity index (χ0) is 17.4. The predicted molar refractivity (Wildman–Crippen MR) is 95.5 cm³/mol. The molecule has 0 bridgehead atoms. The molecule has 1 aliphatic rings. The third kappa shape index (κ3) is 5.69. The Labute approximate surface area is 146 Å². The van der Waals surface area contributed by atoms with E-state index < -0.39 is 0 Å². The van der Waals surface area contributed by atoms with Gasteiger partial charge in [-0.05, 0) is 49.3 Å². The summed E-state index contributed by atoms with van der Waals surface area (Å²) in [5.41, 5.74) is 5.90. The summed E-state index contributed by atoms with van der Waals surface area (Å²) >= 11 is 5.12. The minimum atomic E-state index is -0.302. The Balaban J connectivity index is 1.73. The molecule has 0 spiro atoms. The average molecular weight is 350 g/mol. The van der Waals surface area contributed by atoms with E-state index in [1.54, 1.807) is 24.1 Å². The van der Waals surface area contributed by atoms with Gasteiger partial charge in [0, 0.05) is 18.7 Å². The van der Waals surface area contributed by atoms with E-state index in [9.17, 15) is 9.59 Å². The van der Waals surface area contributed by atoms with Crippen LogP contribution in [0.5, 0.6) is 5.75 Å². The lowest BCUT2D eigenvalue weighted by atomic mass is 10.2. The van der Waals surface area contributed by atoms with Crippen LogP contribution >= 0.6 is 12.2 Å². The van der Waals surface area contributed by atoms with Gasteiger partial charge >= 0.3 is 0 Å². The molecule has 2 rings (SSSR count). The second-order valence-corrected chi connectivity index (χ2v) is 5.89. The van der Waals surface area contributed by atoms with Gasteiger partial charge in [-0.25, -0.2) is 0 Å². The van der Waals surface area contributed by atoms with E-state index in [2.05, 4.69) is 16.2 Å². The predicted octanol–water partition coefficient (Wildman–Crippen LogP) is 1.42. The Bertz CT molecular complexity index is 591. The third-order valence-electron chi connectivity index (χ3n) is 3.67. The molecule has 0 unspecified atom stereocenters. The molecule has 0 aromatic heterocycles. The maximum Gasteiger partial charge on any atom is 0.257 e. The van der Waals surface area contributed by atoms with E-state index in [0.717, 1.165) is 30.7 Å². The Kier molecular flexibility index (Phi) is 6.80. The number of anilines is 1. The lowest BCUT2D eigenvalue weighted by Crippen LogP contribution is -2.48. The highest BCUT2D eigenvalue weighted by atomic mass is 32.1. The Morgan fingerprint density at radius 1 is 1.21 bits per heavy atom. The summed E-state index contributed by atoms with van der Waals surface area (Å²) < 4.78 is 5.08. The molecule has 1 aromatic carbocycles. The summed E-state index contributed by atoms with van der Waals surface area (Å²) in [4.78, 5) is 25.4. The van der Waals surface area contributed by atoms with E-state index in [-0.39, 0.29) is 23.5 Å². The summed E-state index contributed by atoms with van der Waals surface area (Å²) in [6.07, 6.45) is 3.37. The van der Waals surface area contributed by atoms with Gasteiger partial charge < -0.3 is 15.0 Å². The van der Waals surface area contributed by atoms with Crippen LogP contribution in [0, 0.1) is 0 Å². The van der Waals surface area contributed by atoms with Gasteiger partial charge in [-0.1, -0.05) is 6.42 Å². The molecule has 24 heavy (non-hydrogen) atoms. The van der Waals surface area contributed by atoms with E-state index in [4.69, 9.17) is 17.0 Å². The minimum absolute atomic E-state index is 0.0292. The van der Waals surface area contributed by atoms with Crippen molar-refractivity contribution >= 4 is 34.8 Å². The molecule has 1 heterocycles. The van der Waals surface area contributed by atoms with Crippen molar-refractivity contribution in [3.63, 3.8) is 0 Å². The topological polar surface area (TPSA) is 82.7 Å². The van der Waals surface area contributed by atoms with Crippen LogP contribution in [0.1, 0.15) is 25.7 Å². The fourth-order valence-corrected chi connectivity index (χ4v) is 2.55. The smallest absolute Gasteiger partial charge is 0.257 e. The summed E-state index contributed by atoms with van der Waals surface area (Å²) in [5.74, 6) is 0.473. The number of benzene rings is 1. The molecule has 1 saturated heterocycles. The molecule has 0 atom stereocenters. The quantitative estimate of drug-likeness (QED) is 0.563. The molecule has 1 aliphatic heterocycles. The summed E-state index contributed by atoms with van der Waals surface area (Å²) in [7, 11) is 1.60. The van der Waals surface area contributed by atoms with Crippen LogP contribution in [-0.2, 0) is 9.59 Å². The molecule has 0 radical (unpaired) electrons. The van der Waals surface area contributed by atoms with Crippen molar-refractivity contribution in [2.24, 2.45) is 0 Å². The van der Waals surface area contributed by atoms with Gasteiger partial charge in [-0.3, -0.25) is 20.4 Å². The number of thiocarbonyl (C=S) groups is 1. The molecule has 7 nitrogen and oxygen atoms in total. The normalized spacial score (nSPS) is 14.5. The van der Waals surface area contributed by atoms with Gasteiger partial charge in [0.1, 0.15) is 12.3 Å². The molecule has 0 aliphatic carbocycles.